The summed E-state index contributed by atoms with van der Waals surface area (Å²) < 4.78 is 5.60. The Labute approximate surface area is 190 Å². The zero-order chi connectivity index (χ0) is 22.5. The third-order valence-electron chi connectivity index (χ3n) is 5.17. The SMILES string of the molecule is O=C(CCC(=O)c1ccc(Cl)cc1)OC(C(=O)c1c[nH]c2ccccc12)c1ccccc1. The molecule has 1 unspecified atom stereocenters. The number of H-pyrrole nitrogens is 1. The van der Waals surface area contributed by atoms with Crippen LogP contribution in [0.25, 0.3) is 10.9 Å². The van der Waals surface area contributed by atoms with E-state index in [9.17, 15) is 14.4 Å². The van der Waals surface area contributed by atoms with Gasteiger partial charge in [-0.1, -0.05) is 60.1 Å². The smallest absolute Gasteiger partial charge is 0.307 e. The van der Waals surface area contributed by atoms with Gasteiger partial charge in [-0.25, -0.2) is 0 Å². The first-order valence-corrected chi connectivity index (χ1v) is 10.5. The van der Waals surface area contributed by atoms with Crippen molar-refractivity contribution in [1.82, 2.24) is 4.98 Å². The van der Waals surface area contributed by atoms with E-state index in [0.717, 1.165) is 10.9 Å². The van der Waals surface area contributed by atoms with Gasteiger partial charge in [0, 0.05) is 45.2 Å². The van der Waals surface area contributed by atoms with E-state index in [1.807, 2.05) is 30.3 Å². The molecule has 4 rings (SSSR count). The number of aromatic amines is 1. The van der Waals surface area contributed by atoms with Crippen molar-refractivity contribution in [2.45, 2.75) is 18.9 Å². The van der Waals surface area contributed by atoms with Crippen LogP contribution in [0.2, 0.25) is 5.02 Å². The van der Waals surface area contributed by atoms with Gasteiger partial charge in [0.05, 0.1) is 6.42 Å². The number of carbonyl (C=O) groups is 3. The van der Waals surface area contributed by atoms with Gasteiger partial charge in [-0.3, -0.25) is 14.4 Å². The molecule has 0 aliphatic carbocycles. The standard InChI is InChI=1S/C26H20ClNO4/c27-19-12-10-17(11-13-19)23(29)14-15-24(30)32-26(18-6-2-1-3-7-18)25(31)21-16-28-22-9-5-4-8-20(21)22/h1-13,16,26,28H,14-15H2. The molecular weight excluding hydrogens is 426 g/mol. The predicted molar refractivity (Wildman–Crippen MR) is 123 cm³/mol. The van der Waals surface area contributed by atoms with Crippen molar-refractivity contribution >= 4 is 40.0 Å². The zero-order valence-corrected chi connectivity index (χ0v) is 17.8. The van der Waals surface area contributed by atoms with Gasteiger partial charge in [0.25, 0.3) is 0 Å². The van der Waals surface area contributed by atoms with Crippen molar-refractivity contribution in [1.29, 1.82) is 0 Å². The minimum Gasteiger partial charge on any atom is -0.449 e. The van der Waals surface area contributed by atoms with Gasteiger partial charge in [0.1, 0.15) is 0 Å². The van der Waals surface area contributed by atoms with Crippen molar-refractivity contribution in [3.05, 3.63) is 107 Å². The van der Waals surface area contributed by atoms with Crippen molar-refractivity contribution in [3.63, 3.8) is 0 Å². The van der Waals surface area contributed by atoms with E-state index in [4.69, 9.17) is 16.3 Å². The second-order valence-corrected chi connectivity index (χ2v) is 7.76. The summed E-state index contributed by atoms with van der Waals surface area (Å²) >= 11 is 5.85. The molecule has 1 atom stereocenters. The second kappa shape index (κ2) is 9.62. The maximum absolute atomic E-state index is 13.4. The molecule has 4 aromatic rings. The molecule has 0 amide bonds. The van der Waals surface area contributed by atoms with E-state index in [2.05, 4.69) is 4.98 Å². The molecule has 0 radical (unpaired) electrons. The van der Waals surface area contributed by atoms with Gasteiger partial charge in [-0.05, 0) is 30.3 Å². The number of para-hydroxylation sites is 1. The Morgan fingerprint density at radius 3 is 2.28 bits per heavy atom. The molecule has 0 aliphatic heterocycles. The average molecular weight is 446 g/mol. The molecule has 5 nitrogen and oxygen atoms in total. The number of ether oxygens (including phenoxy) is 1. The Morgan fingerprint density at radius 2 is 1.53 bits per heavy atom. The largest absolute Gasteiger partial charge is 0.449 e. The lowest BCUT2D eigenvalue weighted by atomic mass is 9.99. The van der Waals surface area contributed by atoms with Crippen LogP contribution in [0, 0.1) is 0 Å². The number of rotatable bonds is 8. The van der Waals surface area contributed by atoms with Crippen molar-refractivity contribution in [2.75, 3.05) is 0 Å². The van der Waals surface area contributed by atoms with E-state index >= 15 is 0 Å². The predicted octanol–water partition coefficient (Wildman–Crippen LogP) is 5.95. The van der Waals surface area contributed by atoms with E-state index in [1.54, 1.807) is 54.7 Å². The molecule has 6 heteroatoms. The van der Waals surface area contributed by atoms with Crippen LogP contribution in [0.15, 0.2) is 85.1 Å². The number of hydrogen-bond donors (Lipinski definition) is 1. The minimum atomic E-state index is -1.10. The van der Waals surface area contributed by atoms with Gasteiger partial charge in [-0.15, -0.1) is 0 Å². The molecule has 160 valence electrons. The fourth-order valence-electron chi connectivity index (χ4n) is 3.50. The Bertz CT molecular complexity index is 1260. The van der Waals surface area contributed by atoms with Gasteiger partial charge in [0.2, 0.25) is 5.78 Å². The first-order chi connectivity index (χ1) is 15.5. The molecule has 0 spiro atoms. The van der Waals surface area contributed by atoms with Gasteiger partial charge < -0.3 is 9.72 Å². The number of ketones is 2. The van der Waals surface area contributed by atoms with Crippen molar-refractivity contribution in [2.24, 2.45) is 0 Å². The van der Waals surface area contributed by atoms with Crippen LogP contribution < -0.4 is 0 Å². The first-order valence-electron chi connectivity index (χ1n) is 10.2. The summed E-state index contributed by atoms with van der Waals surface area (Å²) in [6, 6.07) is 22.8. The Balaban J connectivity index is 1.51. The van der Waals surface area contributed by atoms with E-state index < -0.39 is 12.1 Å². The highest BCUT2D eigenvalue weighted by molar-refractivity contribution is 6.30. The van der Waals surface area contributed by atoms with Crippen LogP contribution in [0.5, 0.6) is 0 Å². The summed E-state index contributed by atoms with van der Waals surface area (Å²) in [6.45, 7) is 0. The molecule has 3 aromatic carbocycles. The normalized spacial score (nSPS) is 11.8. The van der Waals surface area contributed by atoms with Crippen LogP contribution >= 0.6 is 11.6 Å². The third kappa shape index (κ3) is 4.79. The number of halogens is 1. The Hall–Kier alpha value is -3.70. The number of hydrogen-bond acceptors (Lipinski definition) is 4. The molecule has 0 aliphatic rings. The highest BCUT2D eigenvalue weighted by Crippen LogP contribution is 2.27. The highest BCUT2D eigenvalue weighted by Gasteiger charge is 2.28. The Kier molecular flexibility index (Phi) is 6.47. The summed E-state index contributed by atoms with van der Waals surface area (Å²) in [4.78, 5) is 41.4. The third-order valence-corrected chi connectivity index (χ3v) is 5.42. The molecule has 0 fully saturated rings. The topological polar surface area (TPSA) is 76.2 Å². The first kappa shape index (κ1) is 21.5. The lowest BCUT2D eigenvalue weighted by molar-refractivity contribution is -0.147. The number of aromatic nitrogens is 1. The number of fused-ring (bicyclic) bond motifs is 1. The number of Topliss-reactive ketones (excluding diaryl/α,β-unsaturated/α-hetero) is 2. The number of carbonyl (C=O) groups excluding carboxylic acids is 3. The summed E-state index contributed by atoms with van der Waals surface area (Å²) in [5, 5.41) is 1.29. The minimum absolute atomic E-state index is 0.0246. The lowest BCUT2D eigenvalue weighted by Crippen LogP contribution is -2.20. The quantitative estimate of drug-likeness (QED) is 0.268. The molecule has 0 saturated heterocycles. The van der Waals surface area contributed by atoms with Crippen LogP contribution in [0.3, 0.4) is 0 Å². The van der Waals surface area contributed by atoms with Crippen LogP contribution in [-0.2, 0) is 9.53 Å². The molecule has 1 heterocycles. The average Bonchev–Trinajstić information content (AvgIpc) is 3.26. The van der Waals surface area contributed by atoms with E-state index in [0.29, 0.717) is 21.7 Å². The van der Waals surface area contributed by atoms with E-state index in [1.165, 1.54) is 0 Å². The van der Waals surface area contributed by atoms with Crippen molar-refractivity contribution < 1.29 is 19.1 Å². The lowest BCUT2D eigenvalue weighted by Gasteiger charge is -2.17. The molecule has 1 N–H and O–H groups in total. The summed E-state index contributed by atoms with van der Waals surface area (Å²) in [5.41, 5.74) is 2.30. The monoisotopic (exact) mass is 445 g/mol. The highest BCUT2D eigenvalue weighted by atomic mass is 35.5. The number of nitrogens with one attached hydrogen (secondary N) is 1. The van der Waals surface area contributed by atoms with Crippen LogP contribution in [0.4, 0.5) is 0 Å². The van der Waals surface area contributed by atoms with Gasteiger partial charge in [-0.2, -0.15) is 0 Å². The second-order valence-electron chi connectivity index (χ2n) is 7.32. The van der Waals surface area contributed by atoms with Crippen LogP contribution in [0.1, 0.15) is 45.2 Å². The van der Waals surface area contributed by atoms with Crippen LogP contribution in [-0.4, -0.2) is 22.5 Å². The molecule has 1 aromatic heterocycles. The van der Waals surface area contributed by atoms with Crippen molar-refractivity contribution in [3.8, 4) is 0 Å². The molecular formula is C26H20ClNO4. The Morgan fingerprint density at radius 1 is 0.844 bits per heavy atom. The fraction of sp³-hybridized carbons (Fsp3) is 0.115. The molecule has 0 bridgehead atoms. The zero-order valence-electron chi connectivity index (χ0n) is 17.1. The number of benzene rings is 3. The fourth-order valence-corrected chi connectivity index (χ4v) is 3.63. The van der Waals surface area contributed by atoms with Gasteiger partial charge in [0.15, 0.2) is 11.9 Å². The summed E-state index contributed by atoms with van der Waals surface area (Å²) in [5.74, 6) is -1.14. The van der Waals surface area contributed by atoms with E-state index in [-0.39, 0.29) is 24.4 Å². The van der Waals surface area contributed by atoms with Gasteiger partial charge >= 0.3 is 5.97 Å². The molecule has 32 heavy (non-hydrogen) atoms. The molecule has 0 saturated carbocycles. The number of esters is 1. The summed E-state index contributed by atoms with van der Waals surface area (Å²) in [7, 11) is 0. The maximum Gasteiger partial charge on any atom is 0.307 e. The summed E-state index contributed by atoms with van der Waals surface area (Å²) in [6.07, 6.45) is 0.365. The maximum atomic E-state index is 13.4.